The Morgan fingerprint density at radius 1 is 1.18 bits per heavy atom. The first-order valence-electron chi connectivity index (χ1n) is 12.9. The number of rotatable bonds is 6. The molecule has 38 heavy (non-hydrogen) atoms. The van der Waals surface area contributed by atoms with Crippen LogP contribution >= 0.6 is 0 Å². The molecule has 1 saturated heterocycles. The number of ether oxygens (including phenoxy) is 2. The largest absolute Gasteiger partial charge is 0.448 e. The number of anilines is 2. The second-order valence-corrected chi connectivity index (χ2v) is 9.98. The van der Waals surface area contributed by atoms with Crippen molar-refractivity contribution in [2.45, 2.75) is 37.6 Å². The Morgan fingerprint density at radius 2 is 2.08 bits per heavy atom. The number of pyridine rings is 3. The van der Waals surface area contributed by atoms with Crippen molar-refractivity contribution in [1.82, 2.24) is 28.7 Å². The van der Waals surface area contributed by atoms with Crippen molar-refractivity contribution >= 4 is 28.3 Å². The zero-order chi connectivity index (χ0) is 25.8. The Labute approximate surface area is 216 Å². The van der Waals surface area contributed by atoms with Crippen molar-refractivity contribution in [2.75, 3.05) is 18.5 Å². The average Bonchev–Trinajstić information content (AvgIpc) is 3.64. The minimum atomic E-state index is -0.319. The van der Waals surface area contributed by atoms with E-state index in [9.17, 15) is 9.59 Å². The summed E-state index contributed by atoms with van der Waals surface area (Å²) in [5.74, 6) is 1.45. The summed E-state index contributed by atoms with van der Waals surface area (Å²) in [4.78, 5) is 34.6. The van der Waals surface area contributed by atoms with Crippen molar-refractivity contribution in [3.63, 3.8) is 0 Å². The summed E-state index contributed by atoms with van der Waals surface area (Å²) in [6, 6.07) is 7.54. The minimum Gasteiger partial charge on any atom is -0.448 e. The van der Waals surface area contributed by atoms with Gasteiger partial charge < -0.3 is 28.9 Å². The zero-order valence-electron chi connectivity index (χ0n) is 20.9. The lowest BCUT2D eigenvalue weighted by Gasteiger charge is -2.25. The van der Waals surface area contributed by atoms with E-state index in [0.717, 1.165) is 43.4 Å². The van der Waals surface area contributed by atoms with Crippen molar-refractivity contribution < 1.29 is 9.47 Å². The summed E-state index contributed by atoms with van der Waals surface area (Å²) in [5.41, 5.74) is 2.60. The Bertz CT molecular complexity index is 1790. The average molecular weight is 514 g/mol. The maximum Gasteiger partial charge on any atom is 0.274 e. The lowest BCUT2D eigenvalue weighted by atomic mass is 10.1. The topological polar surface area (TPSA) is 120 Å². The Kier molecular flexibility index (Phi) is 5.32. The van der Waals surface area contributed by atoms with Crippen LogP contribution in [0.4, 0.5) is 11.6 Å². The molecule has 1 atom stereocenters. The second-order valence-electron chi connectivity index (χ2n) is 9.98. The molecule has 1 aliphatic carbocycles. The predicted molar refractivity (Wildman–Crippen MR) is 142 cm³/mol. The number of hydrogen-bond acceptors (Lipinski definition) is 7. The van der Waals surface area contributed by atoms with Gasteiger partial charge >= 0.3 is 0 Å². The number of nitrogens with one attached hydrogen (secondary N) is 2. The molecule has 11 nitrogen and oxygen atoms in total. The Balaban J connectivity index is 1.25. The quantitative estimate of drug-likeness (QED) is 0.354. The third-order valence-corrected chi connectivity index (χ3v) is 7.37. The van der Waals surface area contributed by atoms with Gasteiger partial charge in [0.25, 0.3) is 5.56 Å². The maximum absolute atomic E-state index is 13.5. The SMILES string of the molecule is Cn1c(Nc2cc(C3CC3)cn(C3CCCOC3)c2=O)nc2[nH]cc(Oc3cnn4ccccc34)c(=O)c21. The predicted octanol–water partition coefficient (Wildman–Crippen LogP) is 3.84. The fourth-order valence-corrected chi connectivity index (χ4v) is 5.16. The molecule has 5 aromatic heterocycles. The summed E-state index contributed by atoms with van der Waals surface area (Å²) in [6.45, 7) is 1.26. The van der Waals surface area contributed by atoms with Crippen LogP contribution in [0.15, 0.2) is 58.6 Å². The van der Waals surface area contributed by atoms with Crippen molar-refractivity contribution in [3.8, 4) is 11.5 Å². The molecule has 11 heteroatoms. The molecule has 2 fully saturated rings. The number of hydrogen-bond donors (Lipinski definition) is 2. The molecule has 194 valence electrons. The van der Waals surface area contributed by atoms with E-state index in [1.54, 1.807) is 22.3 Å². The molecule has 0 aromatic carbocycles. The first-order valence-corrected chi connectivity index (χ1v) is 12.9. The lowest BCUT2D eigenvalue weighted by Crippen LogP contribution is -2.31. The van der Waals surface area contributed by atoms with E-state index >= 15 is 0 Å². The molecule has 2 N–H and O–H groups in total. The second kappa shape index (κ2) is 8.88. The highest BCUT2D eigenvalue weighted by atomic mass is 16.5. The number of aryl methyl sites for hydroxylation is 1. The summed E-state index contributed by atoms with van der Waals surface area (Å²) in [6.07, 6.45) is 10.9. The van der Waals surface area contributed by atoms with E-state index in [4.69, 9.17) is 9.47 Å². The number of aromatic amines is 1. The number of H-pyrrole nitrogens is 1. The van der Waals surface area contributed by atoms with Gasteiger partial charge in [-0.05, 0) is 55.4 Å². The van der Waals surface area contributed by atoms with Crippen LogP contribution in [0.3, 0.4) is 0 Å². The van der Waals surface area contributed by atoms with Crippen LogP contribution in [0.25, 0.3) is 16.7 Å². The van der Waals surface area contributed by atoms with Crippen LogP contribution in [-0.4, -0.2) is 41.9 Å². The number of nitrogens with zero attached hydrogens (tertiary/aromatic N) is 5. The molecule has 1 unspecified atom stereocenters. The molecule has 0 amide bonds. The van der Waals surface area contributed by atoms with Gasteiger partial charge in [0.15, 0.2) is 17.1 Å². The van der Waals surface area contributed by atoms with Crippen LogP contribution in [0.1, 0.15) is 43.2 Å². The molecule has 2 aliphatic rings. The Morgan fingerprint density at radius 3 is 2.89 bits per heavy atom. The van der Waals surface area contributed by atoms with Gasteiger partial charge in [-0.15, -0.1) is 0 Å². The van der Waals surface area contributed by atoms with Crippen molar-refractivity contribution in [1.29, 1.82) is 0 Å². The van der Waals surface area contributed by atoms with E-state index in [2.05, 4.69) is 20.4 Å². The normalized spacial score (nSPS) is 17.8. The standard InChI is InChI=1S/C27H27N7O4/c1-32-23-24(35)22(38-21-13-29-34-9-3-2-6-20(21)34)12-28-25(23)31-27(32)30-19-11-17(16-7-8-16)14-33(26(19)36)18-5-4-10-37-15-18/h2-3,6,9,11-14,16,18H,4-5,7-8,10,15H2,1H3,(H2,28,30,31,35). The fourth-order valence-electron chi connectivity index (χ4n) is 5.16. The summed E-state index contributed by atoms with van der Waals surface area (Å²) in [7, 11) is 1.74. The summed E-state index contributed by atoms with van der Waals surface area (Å²) >= 11 is 0. The van der Waals surface area contributed by atoms with E-state index in [1.807, 2.05) is 41.2 Å². The van der Waals surface area contributed by atoms with Crippen molar-refractivity contribution in [2.24, 2.45) is 7.05 Å². The number of imidazole rings is 1. The number of aromatic nitrogens is 6. The fraction of sp³-hybridized carbons (Fsp3) is 0.333. The van der Waals surface area contributed by atoms with Crippen molar-refractivity contribution in [3.05, 3.63) is 75.2 Å². The highest BCUT2D eigenvalue weighted by Crippen LogP contribution is 2.41. The molecular weight excluding hydrogens is 486 g/mol. The minimum absolute atomic E-state index is 0.0112. The van der Waals surface area contributed by atoms with Crippen LogP contribution in [0, 0.1) is 0 Å². The van der Waals surface area contributed by atoms with E-state index in [1.165, 1.54) is 6.20 Å². The summed E-state index contributed by atoms with van der Waals surface area (Å²) < 4.78 is 16.7. The van der Waals surface area contributed by atoms with Crippen LogP contribution < -0.4 is 21.0 Å². The third kappa shape index (κ3) is 3.86. The summed E-state index contributed by atoms with van der Waals surface area (Å²) in [5, 5.41) is 7.47. The van der Waals surface area contributed by atoms with E-state index in [-0.39, 0.29) is 22.8 Å². The van der Waals surface area contributed by atoms with Gasteiger partial charge in [-0.2, -0.15) is 10.1 Å². The van der Waals surface area contributed by atoms with Gasteiger partial charge in [-0.1, -0.05) is 6.07 Å². The van der Waals surface area contributed by atoms with Gasteiger partial charge in [0.1, 0.15) is 16.7 Å². The molecule has 7 rings (SSSR count). The van der Waals surface area contributed by atoms with Gasteiger partial charge in [0.05, 0.1) is 18.8 Å². The van der Waals surface area contributed by atoms with Gasteiger partial charge in [0, 0.05) is 32.2 Å². The van der Waals surface area contributed by atoms with Gasteiger partial charge in [0.2, 0.25) is 11.4 Å². The van der Waals surface area contributed by atoms with Crippen LogP contribution in [-0.2, 0) is 11.8 Å². The van der Waals surface area contributed by atoms with Gasteiger partial charge in [-0.3, -0.25) is 9.59 Å². The first-order chi connectivity index (χ1) is 18.6. The molecule has 5 aromatic rings. The highest BCUT2D eigenvalue weighted by molar-refractivity contribution is 5.77. The molecule has 1 saturated carbocycles. The monoisotopic (exact) mass is 513 g/mol. The highest BCUT2D eigenvalue weighted by Gasteiger charge is 2.28. The first kappa shape index (κ1) is 22.8. The van der Waals surface area contributed by atoms with Crippen LogP contribution in [0.2, 0.25) is 0 Å². The molecule has 0 spiro atoms. The van der Waals surface area contributed by atoms with E-state index in [0.29, 0.717) is 41.1 Å². The molecule has 0 bridgehead atoms. The smallest absolute Gasteiger partial charge is 0.274 e. The Hall–Kier alpha value is -4.38. The zero-order valence-corrected chi connectivity index (χ0v) is 20.9. The molecule has 1 aliphatic heterocycles. The van der Waals surface area contributed by atoms with Crippen LogP contribution in [0.5, 0.6) is 11.5 Å². The molecule has 0 radical (unpaired) electrons. The maximum atomic E-state index is 13.5. The third-order valence-electron chi connectivity index (χ3n) is 7.37. The lowest BCUT2D eigenvalue weighted by molar-refractivity contribution is 0.0580. The molecule has 6 heterocycles. The van der Waals surface area contributed by atoms with E-state index < -0.39 is 0 Å². The number of fused-ring (bicyclic) bond motifs is 2. The van der Waals surface area contributed by atoms with Gasteiger partial charge in [-0.25, -0.2) is 4.52 Å². The molecular formula is C27H27N7O4.